The lowest BCUT2D eigenvalue weighted by Gasteiger charge is -2.15. The van der Waals surface area contributed by atoms with Gasteiger partial charge in [0, 0.05) is 20.8 Å². The van der Waals surface area contributed by atoms with Crippen molar-refractivity contribution in [2.75, 3.05) is 33.9 Å². The van der Waals surface area contributed by atoms with E-state index >= 15 is 0 Å². The normalized spacial score (nSPS) is 13.4. The van der Waals surface area contributed by atoms with E-state index in [9.17, 15) is 0 Å². The molecule has 0 saturated heterocycles. The second-order valence-electron chi connectivity index (χ2n) is 2.25. The minimum atomic E-state index is 0.0650. The Balaban J connectivity index is 3.20. The molecule has 0 aromatic rings. The number of hydrogen-bond acceptors (Lipinski definition) is 4. The Hall–Kier alpha value is -0.160. The van der Waals surface area contributed by atoms with Gasteiger partial charge in [0.2, 0.25) is 0 Å². The lowest BCUT2D eigenvalue weighted by Crippen LogP contribution is -2.35. The number of hydrogen-bond donors (Lipinski definition) is 2. The average molecular weight is 162 g/mol. The van der Waals surface area contributed by atoms with Crippen LogP contribution in [-0.4, -0.2) is 40.1 Å². The highest BCUT2D eigenvalue weighted by molar-refractivity contribution is 4.54. The van der Waals surface area contributed by atoms with Gasteiger partial charge in [0.05, 0.1) is 6.61 Å². The van der Waals surface area contributed by atoms with Crippen LogP contribution in [0, 0.1) is 0 Å². The summed E-state index contributed by atoms with van der Waals surface area (Å²) in [7, 11) is 3.34. The molecule has 1 unspecified atom stereocenters. The van der Waals surface area contributed by atoms with Gasteiger partial charge < -0.3 is 15.2 Å². The van der Waals surface area contributed by atoms with Crippen molar-refractivity contribution in [1.82, 2.24) is 5.32 Å². The van der Waals surface area contributed by atoms with Crippen molar-refractivity contribution in [3.05, 3.63) is 0 Å². The van der Waals surface area contributed by atoms with Crippen molar-refractivity contribution in [3.63, 3.8) is 0 Å². The summed E-state index contributed by atoms with van der Waals surface area (Å²) in [6.45, 7) is 2.14. The Bertz CT molecular complexity index is 80.8. The molecule has 4 heteroatoms. The van der Waals surface area contributed by atoms with Crippen LogP contribution in [-0.2, 0) is 9.47 Å². The van der Waals surface area contributed by atoms with Crippen molar-refractivity contribution in [3.8, 4) is 0 Å². The third-order valence-corrected chi connectivity index (χ3v) is 1.39. The number of nitrogens with two attached hydrogens (primary N) is 1. The highest BCUT2D eigenvalue weighted by atomic mass is 16.5. The summed E-state index contributed by atoms with van der Waals surface area (Å²) >= 11 is 0. The van der Waals surface area contributed by atoms with Gasteiger partial charge in [0.25, 0.3) is 0 Å². The second kappa shape index (κ2) is 7.94. The van der Waals surface area contributed by atoms with E-state index < -0.39 is 0 Å². The highest BCUT2D eigenvalue weighted by Gasteiger charge is 2.02. The first kappa shape index (κ1) is 10.8. The maximum atomic E-state index is 5.36. The van der Waals surface area contributed by atoms with Crippen LogP contribution >= 0.6 is 0 Å². The molecule has 4 nitrogen and oxygen atoms in total. The lowest BCUT2D eigenvalue weighted by molar-refractivity contribution is 0.0613. The molecule has 0 heterocycles. The van der Waals surface area contributed by atoms with Crippen molar-refractivity contribution >= 4 is 0 Å². The van der Waals surface area contributed by atoms with Gasteiger partial charge in [-0.3, -0.25) is 5.32 Å². The number of methoxy groups -OCH3 is 2. The average Bonchev–Trinajstić information content (AvgIpc) is 2.03. The summed E-state index contributed by atoms with van der Waals surface area (Å²) < 4.78 is 9.96. The molecule has 68 valence electrons. The number of nitrogens with one attached hydrogen (secondary N) is 1. The van der Waals surface area contributed by atoms with E-state index in [0.29, 0.717) is 13.2 Å². The zero-order valence-corrected chi connectivity index (χ0v) is 7.30. The molecule has 0 aliphatic rings. The molecular weight excluding hydrogens is 144 g/mol. The van der Waals surface area contributed by atoms with Crippen LogP contribution in [0.5, 0.6) is 0 Å². The van der Waals surface area contributed by atoms with Gasteiger partial charge in [-0.25, -0.2) is 0 Å². The van der Waals surface area contributed by atoms with Crippen molar-refractivity contribution < 1.29 is 9.47 Å². The first-order valence-electron chi connectivity index (χ1n) is 3.80. The minimum Gasteiger partial charge on any atom is -0.383 e. The lowest BCUT2D eigenvalue weighted by atomic mass is 10.4. The van der Waals surface area contributed by atoms with Gasteiger partial charge in [-0.15, -0.1) is 0 Å². The van der Waals surface area contributed by atoms with Gasteiger partial charge in [0.1, 0.15) is 6.23 Å². The zero-order chi connectivity index (χ0) is 8.53. The molecule has 0 spiro atoms. The third kappa shape index (κ3) is 6.25. The fourth-order valence-corrected chi connectivity index (χ4v) is 0.777. The molecule has 0 bridgehead atoms. The Kier molecular flexibility index (Phi) is 7.83. The van der Waals surface area contributed by atoms with Crippen molar-refractivity contribution in [1.29, 1.82) is 0 Å². The van der Waals surface area contributed by atoms with E-state index in [1.54, 1.807) is 14.2 Å². The molecule has 0 saturated carbocycles. The van der Waals surface area contributed by atoms with Gasteiger partial charge >= 0.3 is 0 Å². The largest absolute Gasteiger partial charge is 0.383 e. The van der Waals surface area contributed by atoms with Gasteiger partial charge in [0.15, 0.2) is 0 Å². The molecule has 0 aliphatic heterocycles. The molecule has 1 atom stereocenters. The Morgan fingerprint density at radius 3 is 2.64 bits per heavy atom. The molecule has 0 aromatic carbocycles. The molecule has 11 heavy (non-hydrogen) atoms. The van der Waals surface area contributed by atoms with Crippen LogP contribution in [0.2, 0.25) is 0 Å². The Labute approximate surface area is 68.0 Å². The van der Waals surface area contributed by atoms with Crippen molar-refractivity contribution in [2.24, 2.45) is 5.73 Å². The first-order valence-corrected chi connectivity index (χ1v) is 3.80. The maximum Gasteiger partial charge on any atom is 0.109 e. The predicted molar refractivity (Wildman–Crippen MR) is 44.3 cm³/mol. The summed E-state index contributed by atoms with van der Waals surface area (Å²) in [4.78, 5) is 0. The van der Waals surface area contributed by atoms with Crippen LogP contribution in [0.25, 0.3) is 0 Å². The Morgan fingerprint density at radius 2 is 2.18 bits per heavy atom. The smallest absolute Gasteiger partial charge is 0.109 e. The second-order valence-corrected chi connectivity index (χ2v) is 2.25. The van der Waals surface area contributed by atoms with Gasteiger partial charge in [-0.05, 0) is 13.0 Å². The van der Waals surface area contributed by atoms with Crippen molar-refractivity contribution in [2.45, 2.75) is 12.6 Å². The van der Waals surface area contributed by atoms with E-state index in [-0.39, 0.29) is 6.23 Å². The Morgan fingerprint density at radius 1 is 1.45 bits per heavy atom. The van der Waals surface area contributed by atoms with E-state index in [1.165, 1.54) is 0 Å². The molecule has 0 radical (unpaired) electrons. The molecule has 0 rings (SSSR count). The molecule has 0 amide bonds. The van der Waals surface area contributed by atoms with Gasteiger partial charge in [-0.1, -0.05) is 0 Å². The molecular formula is C7H18N2O2. The van der Waals surface area contributed by atoms with Crippen LogP contribution in [0.4, 0.5) is 0 Å². The number of rotatable bonds is 7. The summed E-state index contributed by atoms with van der Waals surface area (Å²) in [5.41, 5.74) is 5.36. The van der Waals surface area contributed by atoms with Crippen LogP contribution in [0.15, 0.2) is 0 Å². The van der Waals surface area contributed by atoms with E-state index in [4.69, 9.17) is 15.2 Å². The van der Waals surface area contributed by atoms with Gasteiger partial charge in [-0.2, -0.15) is 0 Å². The molecule has 0 fully saturated rings. The summed E-state index contributed by atoms with van der Waals surface area (Å²) in [6, 6.07) is 0. The SMILES string of the molecule is COCCNC(CCN)OC. The van der Waals surface area contributed by atoms with E-state index in [2.05, 4.69) is 5.32 Å². The minimum absolute atomic E-state index is 0.0650. The summed E-state index contributed by atoms with van der Waals surface area (Å²) in [6.07, 6.45) is 0.898. The number of ether oxygens (including phenoxy) is 2. The fourth-order valence-electron chi connectivity index (χ4n) is 0.777. The van der Waals surface area contributed by atoms with Crippen LogP contribution in [0.1, 0.15) is 6.42 Å². The fraction of sp³-hybridized carbons (Fsp3) is 1.00. The van der Waals surface area contributed by atoms with Crippen LogP contribution in [0.3, 0.4) is 0 Å². The summed E-state index contributed by atoms with van der Waals surface area (Å²) in [5, 5.41) is 3.14. The molecule has 0 aliphatic carbocycles. The maximum absolute atomic E-state index is 5.36. The summed E-state index contributed by atoms with van der Waals surface area (Å²) in [5.74, 6) is 0. The van der Waals surface area contributed by atoms with Crippen LogP contribution < -0.4 is 11.1 Å². The molecule has 0 aromatic heterocycles. The third-order valence-electron chi connectivity index (χ3n) is 1.39. The highest BCUT2D eigenvalue weighted by Crippen LogP contribution is 1.88. The quantitative estimate of drug-likeness (QED) is 0.393. The first-order chi connectivity index (χ1) is 5.35. The monoisotopic (exact) mass is 162 g/mol. The van der Waals surface area contributed by atoms with E-state index in [1.807, 2.05) is 0 Å². The topological polar surface area (TPSA) is 56.5 Å². The molecule has 3 N–H and O–H groups in total. The zero-order valence-electron chi connectivity index (χ0n) is 7.30. The van der Waals surface area contributed by atoms with E-state index in [0.717, 1.165) is 13.0 Å². The predicted octanol–water partition coefficient (Wildman–Crippen LogP) is -0.456. The standard InChI is InChI=1S/C7H18N2O2/c1-10-6-5-9-7(11-2)3-4-8/h7,9H,3-6,8H2,1-2H3.